The van der Waals surface area contributed by atoms with Gasteiger partial charge in [0, 0.05) is 76.2 Å². The second kappa shape index (κ2) is 35.0. The van der Waals surface area contributed by atoms with Gasteiger partial charge in [0.15, 0.2) is 0 Å². The highest BCUT2D eigenvalue weighted by molar-refractivity contribution is 5.93. The molecular formula is C52H70N10O13. The Balaban J connectivity index is 1.51. The fraction of sp³-hybridized carbons (Fsp3) is 0.481. The van der Waals surface area contributed by atoms with Crippen molar-refractivity contribution >= 4 is 53.5 Å². The van der Waals surface area contributed by atoms with Gasteiger partial charge >= 0.3 is 23.9 Å². The highest BCUT2D eigenvalue weighted by Crippen LogP contribution is 2.17. The maximum absolute atomic E-state index is 13.8. The first-order valence-electron chi connectivity index (χ1n) is 25.0. The number of carbonyl (C=O) groups is 9. The Kier molecular flexibility index (Phi) is 28.5. The second-order valence-corrected chi connectivity index (χ2v) is 17.5. The minimum absolute atomic E-state index is 0.0369. The molecule has 3 rings (SSSR count). The molecule has 75 heavy (non-hydrogen) atoms. The van der Waals surface area contributed by atoms with Crippen LogP contribution in [0.5, 0.6) is 5.75 Å². The zero-order valence-corrected chi connectivity index (χ0v) is 42.2. The number of carbonyl (C=O) groups excluding carboxylic acids is 6. The molecule has 3 aromatic carbocycles. The van der Waals surface area contributed by atoms with E-state index in [0.717, 1.165) is 16.7 Å². The van der Waals surface area contributed by atoms with E-state index in [1.54, 1.807) is 41.3 Å². The fourth-order valence-electron chi connectivity index (χ4n) is 7.63. The largest absolute Gasteiger partial charge is 0.494 e. The van der Waals surface area contributed by atoms with Crippen molar-refractivity contribution in [3.8, 4) is 5.75 Å². The van der Waals surface area contributed by atoms with Crippen molar-refractivity contribution < 1.29 is 63.2 Å². The van der Waals surface area contributed by atoms with Gasteiger partial charge in [-0.25, -0.2) is 14.4 Å². The van der Waals surface area contributed by atoms with Crippen LogP contribution in [0.15, 0.2) is 90.0 Å². The number of azide groups is 1. The smallest absolute Gasteiger partial charge is 0.326 e. The number of carboxylic acids is 3. The van der Waals surface area contributed by atoms with Crippen molar-refractivity contribution in [2.75, 3.05) is 32.8 Å². The van der Waals surface area contributed by atoms with Crippen molar-refractivity contribution in [2.45, 2.75) is 128 Å². The van der Waals surface area contributed by atoms with Gasteiger partial charge in [-0.15, -0.1) is 0 Å². The zero-order chi connectivity index (χ0) is 54.8. The molecule has 4 atom stereocenters. The van der Waals surface area contributed by atoms with Crippen LogP contribution in [-0.2, 0) is 57.7 Å². The molecule has 0 unspecified atom stereocenters. The van der Waals surface area contributed by atoms with Gasteiger partial charge in [0.1, 0.15) is 29.9 Å². The maximum Gasteiger partial charge on any atom is 0.326 e. The third-order valence-corrected chi connectivity index (χ3v) is 11.6. The molecule has 0 aliphatic heterocycles. The highest BCUT2D eigenvalue weighted by Gasteiger charge is 2.28. The second-order valence-electron chi connectivity index (χ2n) is 17.5. The Morgan fingerprint density at radius 3 is 1.76 bits per heavy atom. The van der Waals surface area contributed by atoms with Gasteiger partial charge in [-0.2, -0.15) is 0 Å². The van der Waals surface area contributed by atoms with Gasteiger partial charge in [0.05, 0.1) is 6.61 Å². The summed E-state index contributed by atoms with van der Waals surface area (Å²) >= 11 is 0. The van der Waals surface area contributed by atoms with Crippen LogP contribution in [0.3, 0.4) is 0 Å². The lowest BCUT2D eigenvalue weighted by molar-refractivity contribution is -0.141. The molecule has 0 aliphatic rings. The molecule has 7 amide bonds. The van der Waals surface area contributed by atoms with Crippen molar-refractivity contribution in [3.05, 3.63) is 112 Å². The van der Waals surface area contributed by atoms with Gasteiger partial charge < -0.3 is 56.9 Å². The Morgan fingerprint density at radius 2 is 1.17 bits per heavy atom. The molecule has 3 aromatic rings. The number of ether oxygens (including phenoxy) is 1. The number of urea groups is 1. The Hall–Kier alpha value is -8.20. The minimum Gasteiger partial charge on any atom is -0.494 e. The quantitative estimate of drug-likeness (QED) is 0.0168. The van der Waals surface area contributed by atoms with E-state index in [1.165, 1.54) is 0 Å². The van der Waals surface area contributed by atoms with Gasteiger partial charge in [-0.3, -0.25) is 28.8 Å². The van der Waals surface area contributed by atoms with Gasteiger partial charge in [-0.05, 0) is 86.2 Å². The summed E-state index contributed by atoms with van der Waals surface area (Å²) in [4.78, 5) is 118. The fourth-order valence-corrected chi connectivity index (χ4v) is 7.63. The number of hydrogen-bond donors (Lipinski definition) is 9. The standard InChI is InChI=1S/C52H70N10O13/c1-2-75-39-23-21-38(22-24-39)35-62(32-13-11-19-40(50(70)71)59-52(74)60-41(51(72)73)25-28-47(66)67)46(65)20-10-5-12-29-54-44(63)26-27-45(64)57-43(34-37-17-8-4-9-18-37)49(69)58-42(33-36-15-6-3-7-16-36)48(68)55-30-14-31-56-61-53/h3-4,6-9,15-18,21-24,40-43H,2,5,10-14,19-20,25-35H2,1H3,(H,54,63)(H,55,68)(H,57,64)(H,58,69)(H,66,67)(H,70,71)(H,72,73)(H2,59,60,74)/t40-,41-,42-,43-/m0/s1. The Morgan fingerprint density at radius 1 is 0.587 bits per heavy atom. The first kappa shape index (κ1) is 61.1. The van der Waals surface area contributed by atoms with Crippen LogP contribution in [0.25, 0.3) is 10.4 Å². The molecule has 23 heteroatoms. The van der Waals surface area contributed by atoms with Gasteiger partial charge in [0.2, 0.25) is 29.5 Å². The van der Waals surface area contributed by atoms with Crippen molar-refractivity contribution in [2.24, 2.45) is 5.11 Å². The molecule has 0 saturated heterocycles. The lowest BCUT2D eigenvalue weighted by atomic mass is 10.0. The zero-order valence-electron chi connectivity index (χ0n) is 42.2. The number of nitrogens with zero attached hydrogens (tertiary/aromatic N) is 4. The van der Waals surface area contributed by atoms with Gasteiger partial charge in [-0.1, -0.05) is 84.3 Å². The number of nitrogens with one attached hydrogen (secondary N) is 6. The average Bonchev–Trinajstić information content (AvgIpc) is 3.38. The van der Waals surface area contributed by atoms with Crippen LogP contribution in [-0.4, -0.2) is 131 Å². The van der Waals surface area contributed by atoms with E-state index in [9.17, 15) is 53.4 Å². The molecule has 9 N–H and O–H groups in total. The van der Waals surface area contributed by atoms with Crippen LogP contribution in [0.1, 0.15) is 101 Å². The van der Waals surface area contributed by atoms with Crippen molar-refractivity contribution in [3.63, 3.8) is 0 Å². The minimum atomic E-state index is -1.54. The third-order valence-electron chi connectivity index (χ3n) is 11.6. The maximum atomic E-state index is 13.8. The summed E-state index contributed by atoms with van der Waals surface area (Å²) in [5.74, 6) is -5.53. The van der Waals surface area contributed by atoms with E-state index in [4.69, 9.17) is 15.4 Å². The van der Waals surface area contributed by atoms with Crippen LogP contribution >= 0.6 is 0 Å². The van der Waals surface area contributed by atoms with E-state index in [2.05, 4.69) is 41.9 Å². The van der Waals surface area contributed by atoms with E-state index in [0.29, 0.717) is 44.5 Å². The number of aliphatic carboxylic acids is 3. The molecule has 0 aromatic heterocycles. The summed E-state index contributed by atoms with van der Waals surface area (Å²) in [5, 5.41) is 46.9. The molecule has 0 spiro atoms. The average molecular weight is 1040 g/mol. The predicted molar refractivity (Wildman–Crippen MR) is 275 cm³/mol. The Labute approximate surface area is 435 Å². The molecule has 406 valence electrons. The molecule has 0 aliphatic carbocycles. The Bertz CT molecular complexity index is 2350. The van der Waals surface area contributed by atoms with Crippen LogP contribution < -0.4 is 36.6 Å². The van der Waals surface area contributed by atoms with E-state index >= 15 is 0 Å². The van der Waals surface area contributed by atoms with E-state index in [1.807, 2.05) is 55.5 Å². The summed E-state index contributed by atoms with van der Waals surface area (Å²) in [6, 6.07) is 19.4. The summed E-state index contributed by atoms with van der Waals surface area (Å²) in [5.41, 5.74) is 10.9. The summed E-state index contributed by atoms with van der Waals surface area (Å²) in [6.07, 6.45) is 1.81. The molecule has 0 fully saturated rings. The van der Waals surface area contributed by atoms with Gasteiger partial charge in [0.25, 0.3) is 0 Å². The lowest BCUT2D eigenvalue weighted by Gasteiger charge is -2.24. The summed E-state index contributed by atoms with van der Waals surface area (Å²) in [7, 11) is 0. The normalized spacial score (nSPS) is 12.2. The number of hydrogen-bond acceptors (Lipinski definition) is 11. The lowest BCUT2D eigenvalue weighted by Crippen LogP contribution is -2.55. The first-order chi connectivity index (χ1) is 36.1. The van der Waals surface area contributed by atoms with Crippen molar-refractivity contribution in [1.29, 1.82) is 0 Å². The van der Waals surface area contributed by atoms with Crippen molar-refractivity contribution in [1.82, 2.24) is 36.8 Å². The van der Waals surface area contributed by atoms with Crippen LogP contribution in [0, 0.1) is 0 Å². The monoisotopic (exact) mass is 1040 g/mol. The summed E-state index contributed by atoms with van der Waals surface area (Å²) in [6.45, 7) is 3.56. The van der Waals surface area contributed by atoms with Crippen LogP contribution in [0.4, 0.5) is 4.79 Å². The third kappa shape index (κ3) is 25.8. The number of amides is 7. The molecule has 23 nitrogen and oxygen atoms in total. The molecule has 0 radical (unpaired) electrons. The first-order valence-corrected chi connectivity index (χ1v) is 25.0. The number of carboxylic acid groups (broad SMARTS) is 3. The van der Waals surface area contributed by atoms with Crippen LogP contribution in [0.2, 0.25) is 0 Å². The number of benzene rings is 3. The summed E-state index contributed by atoms with van der Waals surface area (Å²) < 4.78 is 5.54. The SMILES string of the molecule is CCOc1ccc(CN(CCCC[C@H](NC(=O)N[C@@H](CCC(=O)O)C(=O)O)C(=O)O)C(=O)CCCCCNC(=O)CCC(=O)N[C@@H](Cc2ccccc2)C(=O)N[C@@H](Cc2ccccc2)C(=O)NCCCN=[N+]=[N-])cc1. The molecular weight excluding hydrogens is 973 g/mol. The molecule has 0 heterocycles. The number of rotatable bonds is 37. The predicted octanol–water partition coefficient (Wildman–Crippen LogP) is 4.38. The van der Waals surface area contributed by atoms with E-state index < -0.39 is 78.7 Å². The molecule has 0 saturated carbocycles. The van der Waals surface area contributed by atoms with E-state index in [-0.39, 0.29) is 89.5 Å². The molecule has 0 bridgehead atoms. The number of unbranched alkanes of at least 4 members (excludes halogenated alkanes) is 3. The highest BCUT2D eigenvalue weighted by atomic mass is 16.5. The topological polar surface area (TPSA) is 348 Å².